The zero-order valence-corrected chi connectivity index (χ0v) is 31.4. The molecular formula is C29H53N11O11S2. The van der Waals surface area contributed by atoms with Crippen LogP contribution in [0.3, 0.4) is 0 Å². The number of hydrogen-bond donors (Lipinski definition) is 15. The fraction of sp³-hybridized carbons (Fsp3) is 0.690. The van der Waals surface area contributed by atoms with Gasteiger partial charge in [-0.3, -0.25) is 43.3 Å². The molecule has 17 N–H and O–H groups in total. The van der Waals surface area contributed by atoms with E-state index in [9.17, 15) is 53.7 Å². The van der Waals surface area contributed by atoms with Crippen LogP contribution in [0.15, 0.2) is 4.99 Å². The summed E-state index contributed by atoms with van der Waals surface area (Å²) < 4.78 is 0. The number of aliphatic hydroxyl groups is 2. The minimum atomic E-state index is -1.93. The monoisotopic (exact) mass is 795 g/mol. The third kappa shape index (κ3) is 18.8. The van der Waals surface area contributed by atoms with Crippen LogP contribution in [0.2, 0.25) is 0 Å². The van der Waals surface area contributed by atoms with Crippen molar-refractivity contribution in [3.63, 3.8) is 0 Å². The van der Waals surface area contributed by atoms with Gasteiger partial charge in [0.2, 0.25) is 41.4 Å². The van der Waals surface area contributed by atoms with Crippen molar-refractivity contribution < 1.29 is 53.7 Å². The summed E-state index contributed by atoms with van der Waals surface area (Å²) in [6.07, 6.45) is -2.52. The zero-order chi connectivity index (χ0) is 41.0. The molecule has 0 aliphatic carbocycles. The van der Waals surface area contributed by atoms with Gasteiger partial charge in [-0.15, -0.1) is 0 Å². The lowest BCUT2D eigenvalue weighted by Gasteiger charge is -2.28. The van der Waals surface area contributed by atoms with Gasteiger partial charge in [0.15, 0.2) is 5.96 Å². The van der Waals surface area contributed by atoms with E-state index in [0.29, 0.717) is 0 Å². The first kappa shape index (κ1) is 48.6. The quantitative estimate of drug-likeness (QED) is 0.0177. The predicted octanol–water partition coefficient (Wildman–Crippen LogP) is -6.49. The molecule has 0 aromatic heterocycles. The summed E-state index contributed by atoms with van der Waals surface area (Å²) in [6.45, 7) is 3.60. The smallest absolute Gasteiger partial charge is 0.305 e. The predicted molar refractivity (Wildman–Crippen MR) is 197 cm³/mol. The Balaban J connectivity index is 6.05. The number of carbonyl (C=O) groups excluding carboxylic acids is 7. The van der Waals surface area contributed by atoms with E-state index in [1.54, 1.807) is 13.8 Å². The van der Waals surface area contributed by atoms with Crippen LogP contribution in [-0.2, 0) is 38.4 Å². The molecule has 0 spiro atoms. The van der Waals surface area contributed by atoms with Crippen molar-refractivity contribution in [2.45, 2.75) is 94.9 Å². The Morgan fingerprint density at radius 2 is 1.17 bits per heavy atom. The molecule has 24 heteroatoms. The Bertz CT molecular complexity index is 1320. The molecule has 0 saturated heterocycles. The standard InChI is InChI=1S/C29H53N11O11S2/c1-12(2)7-16(25(48)39-19(11-53)22(31)45)37-28(51)21(13(3)42)40-26(49)17(8-20(43)44)36-27(50)18(9-41)38-24(47)15(5-4-6-34-29(32)33)35-23(46)14(30)10-52/h12-19,21,41-42,52-53H,4-11,30H2,1-3H3,(H2,31,45)(H,35,46)(H,36,50)(H,37,51)(H,38,47)(H,39,48)(H,40,49)(H,43,44)(H4,32,33,34)/t13-,14+,15+,16+,17+,18-,19+,21+/m1/s1. The molecule has 0 heterocycles. The van der Waals surface area contributed by atoms with Crippen molar-refractivity contribution in [2.75, 3.05) is 24.7 Å². The maximum atomic E-state index is 13.3. The van der Waals surface area contributed by atoms with Gasteiger partial charge < -0.3 is 70.2 Å². The number of hydrogen-bond acceptors (Lipinski definition) is 14. The van der Waals surface area contributed by atoms with Crippen molar-refractivity contribution in [3.05, 3.63) is 0 Å². The van der Waals surface area contributed by atoms with Gasteiger partial charge in [-0.1, -0.05) is 13.8 Å². The minimum Gasteiger partial charge on any atom is -0.481 e. The summed E-state index contributed by atoms with van der Waals surface area (Å²) in [6, 6.07) is -10.4. The van der Waals surface area contributed by atoms with Crippen LogP contribution in [0.25, 0.3) is 0 Å². The molecule has 0 bridgehead atoms. The van der Waals surface area contributed by atoms with Crippen LogP contribution >= 0.6 is 25.3 Å². The number of amides is 7. The summed E-state index contributed by atoms with van der Waals surface area (Å²) in [5.41, 5.74) is 21.5. The molecule has 0 radical (unpaired) electrons. The molecule has 8 atom stereocenters. The first-order valence-corrected chi connectivity index (χ1v) is 17.6. The Kier molecular flexibility index (Phi) is 22.7. The van der Waals surface area contributed by atoms with Crippen LogP contribution in [0, 0.1) is 5.92 Å². The number of primary amides is 1. The average Bonchev–Trinajstić information content (AvgIpc) is 3.07. The van der Waals surface area contributed by atoms with Gasteiger partial charge in [-0.05, 0) is 32.1 Å². The highest BCUT2D eigenvalue weighted by Crippen LogP contribution is 2.08. The molecule has 0 aromatic rings. The lowest BCUT2D eigenvalue weighted by atomic mass is 10.0. The van der Waals surface area contributed by atoms with Crippen molar-refractivity contribution in [3.8, 4) is 0 Å². The molecule has 0 fully saturated rings. The van der Waals surface area contributed by atoms with Crippen molar-refractivity contribution in [2.24, 2.45) is 33.8 Å². The number of thiol groups is 2. The zero-order valence-electron chi connectivity index (χ0n) is 29.6. The highest BCUT2D eigenvalue weighted by Gasteiger charge is 2.35. The number of guanidine groups is 1. The van der Waals surface area contributed by atoms with E-state index >= 15 is 0 Å². The number of rotatable bonds is 25. The SMILES string of the molecule is CC(C)C[C@H](NC(=O)[C@@H](NC(=O)[C@H](CC(=O)O)NC(=O)[C@@H](CO)NC(=O)[C@H](CCCN=C(N)N)NC(=O)[C@@H](N)CS)[C@@H](C)O)C(=O)N[C@@H](CS)C(N)=O. The van der Waals surface area contributed by atoms with Gasteiger partial charge in [-0.2, -0.15) is 25.3 Å². The fourth-order valence-corrected chi connectivity index (χ4v) is 4.80. The number of aliphatic imine (C=N–C) groups is 1. The number of aliphatic carboxylic acids is 1. The van der Waals surface area contributed by atoms with Gasteiger partial charge in [0.1, 0.15) is 36.3 Å². The van der Waals surface area contributed by atoms with E-state index in [1.807, 2.05) is 0 Å². The number of nitrogens with two attached hydrogens (primary N) is 4. The van der Waals surface area contributed by atoms with Crippen molar-refractivity contribution in [1.82, 2.24) is 31.9 Å². The van der Waals surface area contributed by atoms with E-state index < -0.39 is 109 Å². The molecule has 302 valence electrons. The van der Waals surface area contributed by atoms with Crippen LogP contribution in [0.5, 0.6) is 0 Å². The lowest BCUT2D eigenvalue weighted by molar-refractivity contribution is -0.142. The maximum Gasteiger partial charge on any atom is 0.305 e. The topological polar surface area (TPSA) is 386 Å². The van der Waals surface area contributed by atoms with Gasteiger partial charge in [0.25, 0.3) is 0 Å². The number of nitrogens with zero attached hydrogens (tertiary/aromatic N) is 1. The molecule has 53 heavy (non-hydrogen) atoms. The third-order valence-corrected chi connectivity index (χ3v) is 7.94. The summed E-state index contributed by atoms with van der Waals surface area (Å²) in [4.78, 5) is 105. The van der Waals surface area contributed by atoms with E-state index in [2.05, 4.69) is 62.2 Å². The molecule has 0 aromatic carbocycles. The number of carbonyl (C=O) groups is 8. The normalized spacial score (nSPS) is 15.5. The summed E-state index contributed by atoms with van der Waals surface area (Å²) in [7, 11) is 0. The summed E-state index contributed by atoms with van der Waals surface area (Å²) in [5.74, 6) is -9.20. The Morgan fingerprint density at radius 1 is 0.679 bits per heavy atom. The average molecular weight is 796 g/mol. The maximum absolute atomic E-state index is 13.3. The minimum absolute atomic E-state index is 0.0465. The third-order valence-electron chi connectivity index (χ3n) is 7.18. The fourth-order valence-electron chi connectivity index (χ4n) is 4.36. The van der Waals surface area contributed by atoms with Gasteiger partial charge in [0, 0.05) is 18.1 Å². The van der Waals surface area contributed by atoms with Crippen LogP contribution < -0.4 is 54.8 Å². The molecule has 0 saturated carbocycles. The second-order valence-electron chi connectivity index (χ2n) is 12.3. The molecule has 0 aliphatic rings. The van der Waals surface area contributed by atoms with Crippen molar-refractivity contribution in [1.29, 1.82) is 0 Å². The van der Waals surface area contributed by atoms with Crippen LogP contribution in [0.4, 0.5) is 0 Å². The van der Waals surface area contributed by atoms with E-state index in [4.69, 9.17) is 22.9 Å². The van der Waals surface area contributed by atoms with Crippen molar-refractivity contribution >= 4 is 78.5 Å². The largest absolute Gasteiger partial charge is 0.481 e. The Labute approximate surface area is 316 Å². The first-order valence-electron chi connectivity index (χ1n) is 16.3. The molecule has 22 nitrogen and oxygen atoms in total. The highest BCUT2D eigenvalue weighted by molar-refractivity contribution is 7.80. The summed E-state index contributed by atoms with van der Waals surface area (Å²) >= 11 is 7.91. The van der Waals surface area contributed by atoms with Crippen LogP contribution in [-0.4, -0.2) is 142 Å². The van der Waals surface area contributed by atoms with Gasteiger partial charge in [0.05, 0.1) is 25.2 Å². The van der Waals surface area contributed by atoms with Gasteiger partial charge in [-0.25, -0.2) is 0 Å². The molecule has 0 rings (SSSR count). The van der Waals surface area contributed by atoms with E-state index in [-0.39, 0.29) is 49.2 Å². The molecule has 7 amide bonds. The number of carboxylic acids is 1. The van der Waals surface area contributed by atoms with Gasteiger partial charge >= 0.3 is 5.97 Å². The lowest BCUT2D eigenvalue weighted by Crippen LogP contribution is -2.62. The number of carboxylic acid groups (broad SMARTS) is 1. The first-order chi connectivity index (χ1) is 24.7. The molecule has 0 unspecified atom stereocenters. The number of nitrogens with one attached hydrogen (secondary N) is 6. The summed E-state index contributed by atoms with van der Waals surface area (Å²) in [5, 5.41) is 43.3. The Hall–Kier alpha value is -4.39. The molecular weight excluding hydrogens is 743 g/mol. The second kappa shape index (κ2) is 24.8. The van der Waals surface area contributed by atoms with E-state index in [1.165, 1.54) is 0 Å². The highest BCUT2D eigenvalue weighted by atomic mass is 32.1. The van der Waals surface area contributed by atoms with Crippen LogP contribution in [0.1, 0.15) is 46.5 Å². The molecule has 0 aliphatic heterocycles. The Morgan fingerprint density at radius 3 is 1.64 bits per heavy atom. The second-order valence-corrected chi connectivity index (χ2v) is 13.0. The van der Waals surface area contributed by atoms with E-state index in [0.717, 1.165) is 6.92 Å². The number of aliphatic hydroxyl groups excluding tert-OH is 2.